The fourth-order valence-electron chi connectivity index (χ4n) is 3.71. The van der Waals surface area contributed by atoms with E-state index in [1.54, 1.807) is 0 Å². The molecule has 2 heterocycles. The summed E-state index contributed by atoms with van der Waals surface area (Å²) < 4.78 is 0. The minimum absolute atomic E-state index is 0.0686. The number of anilines is 1. The van der Waals surface area contributed by atoms with Crippen LogP contribution in [0.25, 0.3) is 11.0 Å². The lowest BCUT2D eigenvalue weighted by Crippen LogP contribution is -2.35. The quantitative estimate of drug-likeness (QED) is 0.724. The number of aromatic nitrogens is 4. The third kappa shape index (κ3) is 3.49. The molecule has 0 saturated carbocycles. The van der Waals surface area contributed by atoms with Crippen LogP contribution in [0.15, 0.2) is 24.3 Å². The van der Waals surface area contributed by atoms with Gasteiger partial charge in [-0.15, -0.1) is 0 Å². The Kier molecular flexibility index (Phi) is 4.75. The number of amides is 1. The van der Waals surface area contributed by atoms with Crippen molar-refractivity contribution in [3.8, 4) is 0 Å². The van der Waals surface area contributed by atoms with E-state index in [0.717, 1.165) is 53.8 Å². The Morgan fingerprint density at radius 3 is 2.81 bits per heavy atom. The fourth-order valence-corrected chi connectivity index (χ4v) is 3.71. The number of nitrogens with two attached hydrogens (primary N) is 1. The maximum absolute atomic E-state index is 13.1. The van der Waals surface area contributed by atoms with E-state index < -0.39 is 0 Å². The third-order valence-electron chi connectivity index (χ3n) is 5.13. The first kappa shape index (κ1) is 17.5. The second-order valence-electron chi connectivity index (χ2n) is 6.90. The summed E-state index contributed by atoms with van der Waals surface area (Å²) in [7, 11) is 0. The number of fused-ring (bicyclic) bond motifs is 2. The fraction of sp³-hybridized carbons (Fsp3) is 0.400. The average Bonchev–Trinajstić information content (AvgIpc) is 3.10. The second kappa shape index (κ2) is 7.34. The van der Waals surface area contributed by atoms with Gasteiger partial charge in [-0.05, 0) is 44.7 Å². The normalized spacial score (nSPS) is 13.5. The van der Waals surface area contributed by atoms with E-state index in [4.69, 9.17) is 5.73 Å². The Morgan fingerprint density at radius 1 is 1.19 bits per heavy atom. The molecule has 0 radical (unpaired) electrons. The summed E-state index contributed by atoms with van der Waals surface area (Å²) in [5, 5.41) is 0. The number of para-hydroxylation sites is 2. The van der Waals surface area contributed by atoms with Crippen molar-refractivity contribution >= 4 is 22.9 Å². The first-order valence-corrected chi connectivity index (χ1v) is 9.54. The van der Waals surface area contributed by atoms with Gasteiger partial charge >= 0.3 is 0 Å². The minimum Gasteiger partial charge on any atom is -0.368 e. The highest BCUT2D eigenvalue weighted by Gasteiger charge is 2.25. The molecule has 140 valence electrons. The van der Waals surface area contributed by atoms with Crippen molar-refractivity contribution in [3.05, 3.63) is 47.0 Å². The minimum atomic E-state index is -0.0686. The zero-order valence-corrected chi connectivity index (χ0v) is 15.5. The van der Waals surface area contributed by atoms with Crippen LogP contribution in [0.3, 0.4) is 0 Å². The summed E-state index contributed by atoms with van der Waals surface area (Å²) >= 11 is 0. The number of hydrogen-bond donors (Lipinski definition) is 2. The lowest BCUT2D eigenvalue weighted by Gasteiger charge is -2.23. The largest absolute Gasteiger partial charge is 0.368 e. The standard InChI is InChI=1S/C20H24N6O/c1-2-26(12-11-17-22-15-9-5-6-10-16(15)23-17)19(27)18-13-7-3-4-8-14(13)24-20(21)25-18/h5-6,9-10H,2-4,7-8,11-12H2,1H3,(H,22,23)(H2,21,24,25). The first-order valence-electron chi connectivity index (χ1n) is 9.54. The van der Waals surface area contributed by atoms with E-state index in [2.05, 4.69) is 19.9 Å². The maximum atomic E-state index is 13.1. The van der Waals surface area contributed by atoms with Crippen molar-refractivity contribution in [1.29, 1.82) is 0 Å². The highest BCUT2D eigenvalue weighted by Crippen LogP contribution is 2.24. The Hall–Kier alpha value is -2.96. The number of nitrogen functional groups attached to an aromatic ring is 1. The first-order chi connectivity index (χ1) is 13.2. The lowest BCUT2D eigenvalue weighted by atomic mass is 9.94. The van der Waals surface area contributed by atoms with E-state index in [-0.39, 0.29) is 11.9 Å². The van der Waals surface area contributed by atoms with Crippen molar-refractivity contribution < 1.29 is 4.79 Å². The second-order valence-corrected chi connectivity index (χ2v) is 6.90. The monoisotopic (exact) mass is 364 g/mol. The molecule has 1 aliphatic rings. The van der Waals surface area contributed by atoms with Crippen molar-refractivity contribution in [3.63, 3.8) is 0 Å². The molecule has 0 unspecified atom stereocenters. The molecule has 0 aliphatic heterocycles. The van der Waals surface area contributed by atoms with Crippen LogP contribution >= 0.6 is 0 Å². The molecule has 2 aromatic heterocycles. The molecule has 0 fully saturated rings. The van der Waals surface area contributed by atoms with Gasteiger partial charge in [0, 0.05) is 30.8 Å². The number of benzene rings is 1. The van der Waals surface area contributed by atoms with Gasteiger partial charge < -0.3 is 15.6 Å². The number of nitrogens with zero attached hydrogens (tertiary/aromatic N) is 4. The number of carbonyl (C=O) groups is 1. The SMILES string of the molecule is CCN(CCc1nc2ccccc2[nH]1)C(=O)c1nc(N)nc2c1CCCC2. The molecule has 0 saturated heterocycles. The molecule has 3 N–H and O–H groups in total. The van der Waals surface area contributed by atoms with Crippen LogP contribution in [0.5, 0.6) is 0 Å². The Morgan fingerprint density at radius 2 is 2.00 bits per heavy atom. The third-order valence-corrected chi connectivity index (χ3v) is 5.13. The number of likely N-dealkylation sites (N-methyl/N-ethyl adjacent to an activating group) is 1. The molecule has 7 nitrogen and oxygen atoms in total. The van der Waals surface area contributed by atoms with Crippen LogP contribution in [0, 0.1) is 0 Å². The van der Waals surface area contributed by atoms with E-state index in [0.29, 0.717) is 25.2 Å². The molecule has 4 rings (SSSR count). The summed E-state index contributed by atoms with van der Waals surface area (Å²) in [6.45, 7) is 3.17. The predicted molar refractivity (Wildman–Crippen MR) is 104 cm³/mol. The van der Waals surface area contributed by atoms with Crippen molar-refractivity contribution in [2.24, 2.45) is 0 Å². The van der Waals surface area contributed by atoms with Gasteiger partial charge in [0.25, 0.3) is 5.91 Å². The van der Waals surface area contributed by atoms with Crippen molar-refractivity contribution in [2.75, 3.05) is 18.8 Å². The Labute approximate surface area is 158 Å². The number of rotatable bonds is 5. The molecule has 7 heteroatoms. The van der Waals surface area contributed by atoms with Crippen LogP contribution < -0.4 is 5.73 Å². The molecule has 0 bridgehead atoms. The van der Waals surface area contributed by atoms with Crippen LogP contribution in [-0.2, 0) is 19.3 Å². The number of hydrogen-bond acceptors (Lipinski definition) is 5. The molecule has 0 atom stereocenters. The van der Waals surface area contributed by atoms with Gasteiger partial charge in [0.1, 0.15) is 11.5 Å². The highest BCUT2D eigenvalue weighted by molar-refractivity contribution is 5.94. The van der Waals surface area contributed by atoms with Gasteiger partial charge in [0.15, 0.2) is 0 Å². The topological polar surface area (TPSA) is 101 Å². The molecular formula is C20H24N6O. The lowest BCUT2D eigenvalue weighted by molar-refractivity contribution is 0.0758. The maximum Gasteiger partial charge on any atom is 0.272 e. The Bertz CT molecular complexity index is 947. The number of H-pyrrole nitrogens is 1. The zero-order valence-electron chi connectivity index (χ0n) is 15.5. The molecule has 1 aliphatic carbocycles. The average molecular weight is 364 g/mol. The van der Waals surface area contributed by atoms with Crippen LogP contribution in [0.2, 0.25) is 0 Å². The van der Waals surface area contributed by atoms with Crippen molar-refractivity contribution in [1.82, 2.24) is 24.8 Å². The van der Waals surface area contributed by atoms with Gasteiger partial charge in [0.05, 0.1) is 11.0 Å². The van der Waals surface area contributed by atoms with Gasteiger partial charge in [-0.25, -0.2) is 15.0 Å². The molecule has 0 spiro atoms. The van der Waals surface area contributed by atoms with E-state index in [1.807, 2.05) is 36.1 Å². The Balaban J connectivity index is 1.54. The number of aromatic amines is 1. The number of carbonyl (C=O) groups excluding carboxylic acids is 1. The number of nitrogens with one attached hydrogen (secondary N) is 1. The van der Waals surface area contributed by atoms with Gasteiger partial charge in [-0.1, -0.05) is 12.1 Å². The molecule has 3 aromatic rings. The number of imidazole rings is 1. The summed E-state index contributed by atoms with van der Waals surface area (Å²) in [6.07, 6.45) is 4.52. The highest BCUT2D eigenvalue weighted by atomic mass is 16.2. The smallest absolute Gasteiger partial charge is 0.272 e. The predicted octanol–water partition coefficient (Wildman–Crippen LogP) is 2.52. The summed E-state index contributed by atoms with van der Waals surface area (Å²) in [5.41, 5.74) is 10.2. The zero-order chi connectivity index (χ0) is 18.8. The summed E-state index contributed by atoms with van der Waals surface area (Å²) in [5.74, 6) is 1.000. The van der Waals surface area contributed by atoms with Crippen molar-refractivity contribution in [2.45, 2.75) is 39.0 Å². The van der Waals surface area contributed by atoms with E-state index in [1.165, 1.54) is 0 Å². The molecule has 1 aromatic carbocycles. The van der Waals surface area contributed by atoms with Crippen LogP contribution in [0.4, 0.5) is 5.95 Å². The summed E-state index contributed by atoms with van der Waals surface area (Å²) in [4.78, 5) is 31.5. The van der Waals surface area contributed by atoms with Crippen LogP contribution in [-0.4, -0.2) is 43.8 Å². The van der Waals surface area contributed by atoms with Gasteiger partial charge in [-0.2, -0.15) is 0 Å². The van der Waals surface area contributed by atoms with Gasteiger partial charge in [-0.3, -0.25) is 4.79 Å². The summed E-state index contributed by atoms with van der Waals surface area (Å²) in [6, 6.07) is 7.94. The van der Waals surface area contributed by atoms with E-state index in [9.17, 15) is 4.79 Å². The van der Waals surface area contributed by atoms with E-state index >= 15 is 0 Å². The number of aryl methyl sites for hydroxylation is 1. The molecule has 27 heavy (non-hydrogen) atoms. The van der Waals surface area contributed by atoms with Crippen LogP contribution in [0.1, 0.15) is 47.3 Å². The molecule has 1 amide bonds. The molecular weight excluding hydrogens is 340 g/mol. The van der Waals surface area contributed by atoms with Gasteiger partial charge in [0.2, 0.25) is 5.95 Å².